The normalized spacial score (nSPS) is 11.5. The second-order valence-electron chi connectivity index (χ2n) is 2.90. The highest BCUT2D eigenvalue weighted by molar-refractivity contribution is 5.47. The van der Waals surface area contributed by atoms with Gasteiger partial charge >= 0.3 is 6.36 Å². The van der Waals surface area contributed by atoms with Crippen molar-refractivity contribution in [3.05, 3.63) is 23.3 Å². The molecule has 1 aromatic rings. The summed E-state index contributed by atoms with van der Waals surface area (Å²) in [6.45, 7) is 2.96. The van der Waals surface area contributed by atoms with Crippen molar-refractivity contribution in [1.82, 2.24) is 0 Å². The van der Waals surface area contributed by atoms with Crippen LogP contribution in [0.15, 0.2) is 12.1 Å². The van der Waals surface area contributed by atoms with Gasteiger partial charge in [0.25, 0.3) is 0 Å². The van der Waals surface area contributed by atoms with E-state index in [4.69, 9.17) is 0 Å². The number of rotatable bonds is 1. The second kappa shape index (κ2) is 3.40. The molecule has 0 atom stereocenters. The van der Waals surface area contributed by atoms with E-state index in [1.165, 1.54) is 19.1 Å². The first kappa shape index (κ1) is 10.7. The van der Waals surface area contributed by atoms with Gasteiger partial charge in [0.2, 0.25) is 0 Å². The van der Waals surface area contributed by atoms with Crippen molar-refractivity contribution in [2.45, 2.75) is 20.2 Å². The molecule has 0 aliphatic rings. The van der Waals surface area contributed by atoms with Gasteiger partial charge in [0.15, 0.2) is 0 Å². The predicted molar refractivity (Wildman–Crippen MR) is 44.3 cm³/mol. The first-order chi connectivity index (χ1) is 6.31. The van der Waals surface area contributed by atoms with Crippen LogP contribution in [0, 0.1) is 13.8 Å². The maximum absolute atomic E-state index is 11.8. The molecule has 1 aromatic carbocycles. The Morgan fingerprint density at radius 3 is 2.29 bits per heavy atom. The minimum atomic E-state index is -4.73. The molecule has 0 fully saturated rings. The predicted octanol–water partition coefficient (Wildman–Crippen LogP) is 2.91. The Bertz CT molecular complexity index is 345. The summed E-state index contributed by atoms with van der Waals surface area (Å²) in [7, 11) is 0. The van der Waals surface area contributed by atoms with Gasteiger partial charge in [0.1, 0.15) is 11.5 Å². The highest BCUT2D eigenvalue weighted by atomic mass is 19.4. The van der Waals surface area contributed by atoms with Crippen LogP contribution in [0.25, 0.3) is 0 Å². The average molecular weight is 206 g/mol. The smallest absolute Gasteiger partial charge is 0.507 e. The zero-order valence-electron chi connectivity index (χ0n) is 7.64. The molecule has 0 bridgehead atoms. The molecule has 1 rings (SSSR count). The summed E-state index contributed by atoms with van der Waals surface area (Å²) in [5.74, 6) is -0.549. The minimum Gasteiger partial charge on any atom is -0.507 e. The van der Waals surface area contributed by atoms with Crippen molar-refractivity contribution < 1.29 is 23.0 Å². The number of benzene rings is 1. The molecule has 0 aromatic heterocycles. The van der Waals surface area contributed by atoms with Gasteiger partial charge < -0.3 is 9.84 Å². The molecule has 0 aliphatic heterocycles. The van der Waals surface area contributed by atoms with E-state index in [1.54, 1.807) is 6.92 Å². The number of ether oxygens (including phenoxy) is 1. The molecule has 0 saturated carbocycles. The summed E-state index contributed by atoms with van der Waals surface area (Å²) in [4.78, 5) is 0. The number of aryl methyl sites for hydroxylation is 1. The van der Waals surface area contributed by atoms with E-state index in [9.17, 15) is 18.3 Å². The molecule has 0 saturated heterocycles. The second-order valence-corrected chi connectivity index (χ2v) is 2.90. The van der Waals surface area contributed by atoms with E-state index in [2.05, 4.69) is 4.74 Å². The zero-order valence-corrected chi connectivity index (χ0v) is 7.64. The fourth-order valence-corrected chi connectivity index (χ4v) is 1.05. The van der Waals surface area contributed by atoms with E-state index in [-0.39, 0.29) is 17.1 Å². The fraction of sp³-hybridized carbons (Fsp3) is 0.333. The number of alkyl halides is 3. The van der Waals surface area contributed by atoms with Crippen LogP contribution in [-0.2, 0) is 0 Å². The summed E-state index contributed by atoms with van der Waals surface area (Å²) < 4.78 is 39.3. The zero-order chi connectivity index (χ0) is 10.9. The summed E-state index contributed by atoms with van der Waals surface area (Å²) in [6, 6.07) is 2.54. The van der Waals surface area contributed by atoms with Crippen molar-refractivity contribution in [3.8, 4) is 11.5 Å². The molecule has 0 unspecified atom stereocenters. The Morgan fingerprint density at radius 1 is 1.21 bits per heavy atom. The van der Waals surface area contributed by atoms with Gasteiger partial charge in [-0.1, -0.05) is 6.07 Å². The van der Waals surface area contributed by atoms with E-state index in [0.29, 0.717) is 5.56 Å². The van der Waals surface area contributed by atoms with Crippen molar-refractivity contribution in [1.29, 1.82) is 0 Å². The van der Waals surface area contributed by atoms with E-state index in [1.807, 2.05) is 0 Å². The standard InChI is InChI=1S/C9H9F3O2/c1-5-3-4-7(6(2)8(5)13)14-9(10,11)12/h3-4,13H,1-2H3. The third-order valence-electron chi connectivity index (χ3n) is 1.81. The molecule has 0 heterocycles. The number of phenolic OH excluding ortho intramolecular Hbond substituents is 1. The topological polar surface area (TPSA) is 29.5 Å². The Balaban J connectivity index is 3.06. The Labute approximate surface area is 78.9 Å². The van der Waals surface area contributed by atoms with Gasteiger partial charge in [0, 0.05) is 5.56 Å². The quantitative estimate of drug-likeness (QED) is 0.765. The maximum Gasteiger partial charge on any atom is 0.573 e. The molecule has 78 valence electrons. The van der Waals surface area contributed by atoms with Crippen LogP contribution in [0.5, 0.6) is 11.5 Å². The van der Waals surface area contributed by atoms with Gasteiger partial charge in [-0.25, -0.2) is 0 Å². The lowest BCUT2D eigenvalue weighted by molar-refractivity contribution is -0.274. The lowest BCUT2D eigenvalue weighted by atomic mass is 10.1. The maximum atomic E-state index is 11.8. The van der Waals surface area contributed by atoms with Crippen LogP contribution in [0.4, 0.5) is 13.2 Å². The lowest BCUT2D eigenvalue weighted by Crippen LogP contribution is -2.17. The number of halogens is 3. The van der Waals surface area contributed by atoms with E-state index < -0.39 is 6.36 Å². The van der Waals surface area contributed by atoms with Gasteiger partial charge in [-0.2, -0.15) is 0 Å². The summed E-state index contributed by atoms with van der Waals surface area (Å²) in [6.07, 6.45) is -4.73. The molecule has 0 amide bonds. The Kier molecular flexibility index (Phi) is 2.59. The lowest BCUT2D eigenvalue weighted by Gasteiger charge is -2.12. The highest BCUT2D eigenvalue weighted by Gasteiger charge is 2.32. The first-order valence-corrected chi connectivity index (χ1v) is 3.86. The number of hydrogen-bond donors (Lipinski definition) is 1. The monoisotopic (exact) mass is 206 g/mol. The number of phenols is 1. The summed E-state index contributed by atoms with van der Waals surface area (Å²) >= 11 is 0. The Morgan fingerprint density at radius 2 is 1.79 bits per heavy atom. The van der Waals surface area contributed by atoms with Gasteiger partial charge in [-0.3, -0.25) is 0 Å². The first-order valence-electron chi connectivity index (χ1n) is 3.86. The van der Waals surface area contributed by atoms with Crippen LogP contribution < -0.4 is 4.74 Å². The van der Waals surface area contributed by atoms with Crippen LogP contribution >= 0.6 is 0 Å². The molecule has 14 heavy (non-hydrogen) atoms. The van der Waals surface area contributed by atoms with Gasteiger partial charge in [-0.05, 0) is 25.5 Å². The summed E-state index contributed by atoms with van der Waals surface area (Å²) in [5.41, 5.74) is 0.597. The molecule has 2 nitrogen and oxygen atoms in total. The summed E-state index contributed by atoms with van der Waals surface area (Å²) in [5, 5.41) is 9.34. The molecule has 0 spiro atoms. The molecule has 0 aliphatic carbocycles. The fourth-order valence-electron chi connectivity index (χ4n) is 1.05. The number of hydrogen-bond acceptors (Lipinski definition) is 2. The molecule has 5 heteroatoms. The van der Waals surface area contributed by atoms with E-state index >= 15 is 0 Å². The Hall–Kier alpha value is -1.39. The van der Waals surface area contributed by atoms with Gasteiger partial charge in [-0.15, -0.1) is 13.2 Å². The third kappa shape index (κ3) is 2.31. The minimum absolute atomic E-state index is 0.0855. The van der Waals surface area contributed by atoms with Crippen molar-refractivity contribution in [2.24, 2.45) is 0 Å². The van der Waals surface area contributed by atoms with Crippen molar-refractivity contribution in [3.63, 3.8) is 0 Å². The number of aromatic hydroxyl groups is 1. The van der Waals surface area contributed by atoms with Crippen molar-refractivity contribution >= 4 is 0 Å². The third-order valence-corrected chi connectivity index (χ3v) is 1.81. The SMILES string of the molecule is Cc1ccc(OC(F)(F)F)c(C)c1O. The molecule has 1 N–H and O–H groups in total. The highest BCUT2D eigenvalue weighted by Crippen LogP contribution is 2.33. The molecular weight excluding hydrogens is 197 g/mol. The van der Waals surface area contributed by atoms with Crippen LogP contribution in [-0.4, -0.2) is 11.5 Å². The molecule has 0 radical (unpaired) electrons. The van der Waals surface area contributed by atoms with Gasteiger partial charge in [0.05, 0.1) is 0 Å². The largest absolute Gasteiger partial charge is 0.573 e. The van der Waals surface area contributed by atoms with E-state index in [0.717, 1.165) is 0 Å². The van der Waals surface area contributed by atoms with Crippen LogP contribution in [0.2, 0.25) is 0 Å². The molecular formula is C9H9F3O2. The van der Waals surface area contributed by atoms with Crippen LogP contribution in [0.1, 0.15) is 11.1 Å². The van der Waals surface area contributed by atoms with Crippen LogP contribution in [0.3, 0.4) is 0 Å². The average Bonchev–Trinajstić information content (AvgIpc) is 2.04. The van der Waals surface area contributed by atoms with Crippen molar-refractivity contribution in [2.75, 3.05) is 0 Å².